The van der Waals surface area contributed by atoms with Crippen molar-refractivity contribution in [1.82, 2.24) is 10.2 Å². The van der Waals surface area contributed by atoms with Crippen molar-refractivity contribution < 1.29 is 9.21 Å². The predicted molar refractivity (Wildman–Crippen MR) is 204 cm³/mol. The van der Waals surface area contributed by atoms with Gasteiger partial charge in [0.25, 0.3) is 0 Å². The van der Waals surface area contributed by atoms with Gasteiger partial charge in [0.05, 0.1) is 0 Å². The summed E-state index contributed by atoms with van der Waals surface area (Å²) in [5.74, 6) is 1.00. The molecule has 1 heterocycles. The molecule has 248 valence electrons. The van der Waals surface area contributed by atoms with Crippen molar-refractivity contribution in [1.29, 1.82) is 0 Å². The van der Waals surface area contributed by atoms with Crippen molar-refractivity contribution >= 4 is 22.8 Å². The minimum absolute atomic E-state index is 0.0785. The Kier molecular flexibility index (Phi) is 7.32. The van der Waals surface area contributed by atoms with Crippen LogP contribution in [0.5, 0.6) is 0 Å². The summed E-state index contributed by atoms with van der Waals surface area (Å²) in [5.41, 5.74) is 19.0. The first-order valence-electron chi connectivity index (χ1n) is 17.6. The summed E-state index contributed by atoms with van der Waals surface area (Å²) in [4.78, 5) is 16.3. The van der Waals surface area contributed by atoms with Crippen LogP contribution in [0.3, 0.4) is 0 Å². The van der Waals surface area contributed by atoms with Gasteiger partial charge in [-0.1, -0.05) is 65.7 Å². The molecular formula is C46H37N3O2. The Morgan fingerprint density at radius 1 is 0.510 bits per heavy atom. The van der Waals surface area contributed by atoms with Gasteiger partial charge in [-0.25, -0.2) is 0 Å². The molecule has 2 aliphatic rings. The number of carbonyl (C=O) groups excluding carboxylic acids is 1. The fourth-order valence-electron chi connectivity index (χ4n) is 7.93. The van der Waals surface area contributed by atoms with E-state index in [1.165, 1.54) is 55.9 Å². The third-order valence-electron chi connectivity index (χ3n) is 10.5. The van der Waals surface area contributed by atoms with Crippen LogP contribution < -0.4 is 4.90 Å². The quantitative estimate of drug-likeness (QED) is 0.183. The highest BCUT2D eigenvalue weighted by molar-refractivity contribution is 6.12. The number of carbonyl (C=O) groups is 1. The van der Waals surface area contributed by atoms with Crippen molar-refractivity contribution in [3.63, 3.8) is 0 Å². The van der Waals surface area contributed by atoms with Crippen LogP contribution in [-0.2, 0) is 19.3 Å². The molecule has 0 fully saturated rings. The number of fused-ring (bicyclic) bond motifs is 4. The van der Waals surface area contributed by atoms with Crippen molar-refractivity contribution in [3.8, 4) is 22.9 Å². The minimum atomic E-state index is 0.0785. The number of nitrogens with zero attached hydrogens (tertiary/aromatic N) is 3. The van der Waals surface area contributed by atoms with Crippen molar-refractivity contribution in [3.05, 3.63) is 182 Å². The van der Waals surface area contributed by atoms with Crippen LogP contribution in [0.2, 0.25) is 0 Å². The Morgan fingerprint density at radius 3 is 1.82 bits per heavy atom. The molecule has 7 aromatic rings. The molecule has 1 aromatic heterocycles. The van der Waals surface area contributed by atoms with Crippen LogP contribution in [0.1, 0.15) is 71.6 Å². The molecule has 9 rings (SSSR count). The molecule has 2 aliphatic carbocycles. The molecule has 0 amide bonds. The number of hydrogen-bond donors (Lipinski definition) is 0. The molecule has 0 saturated carbocycles. The van der Waals surface area contributed by atoms with Gasteiger partial charge >= 0.3 is 0 Å². The third-order valence-corrected chi connectivity index (χ3v) is 10.5. The normalized spacial score (nSPS) is 12.9. The van der Waals surface area contributed by atoms with Gasteiger partial charge in [-0.3, -0.25) is 4.79 Å². The molecule has 0 aliphatic heterocycles. The average Bonchev–Trinajstić information content (AvgIpc) is 3.63. The second kappa shape index (κ2) is 12.1. The maximum absolute atomic E-state index is 13.9. The SMILES string of the molecule is Cc1ccc(N(c2ccc3c(c2)Cc2cc4c(cc2C3)C(=O)c2ccc(-c3nnc(-c5ccccc5)o3)cc2C4)c2ccc(C)cc2C)c(C)c1. The fraction of sp³-hybridized carbons (Fsp3) is 0.152. The van der Waals surface area contributed by atoms with E-state index in [-0.39, 0.29) is 5.78 Å². The lowest BCUT2D eigenvalue weighted by Crippen LogP contribution is -2.18. The topological polar surface area (TPSA) is 59.2 Å². The zero-order chi connectivity index (χ0) is 34.8. The number of benzene rings is 6. The molecule has 0 bridgehead atoms. The fourth-order valence-corrected chi connectivity index (χ4v) is 7.93. The van der Waals surface area contributed by atoms with Gasteiger partial charge in [0, 0.05) is 39.3 Å². The monoisotopic (exact) mass is 663 g/mol. The molecule has 6 aromatic carbocycles. The zero-order valence-electron chi connectivity index (χ0n) is 29.2. The lowest BCUT2D eigenvalue weighted by molar-refractivity contribution is 0.103. The Bertz CT molecular complexity index is 2480. The molecular weight excluding hydrogens is 627 g/mol. The average molecular weight is 664 g/mol. The Hall–Kier alpha value is -6.07. The van der Waals surface area contributed by atoms with Gasteiger partial charge in [-0.2, -0.15) is 0 Å². The van der Waals surface area contributed by atoms with E-state index in [1.54, 1.807) is 0 Å². The highest BCUT2D eigenvalue weighted by Gasteiger charge is 2.28. The largest absolute Gasteiger partial charge is 0.416 e. The molecule has 5 heteroatoms. The van der Waals surface area contributed by atoms with Crippen LogP contribution in [0.4, 0.5) is 17.1 Å². The van der Waals surface area contributed by atoms with E-state index in [0.717, 1.165) is 51.9 Å². The second-order valence-electron chi connectivity index (χ2n) is 14.2. The van der Waals surface area contributed by atoms with Gasteiger partial charge in [0.1, 0.15) is 0 Å². The molecule has 0 unspecified atom stereocenters. The summed E-state index contributed by atoms with van der Waals surface area (Å²) < 4.78 is 6.05. The van der Waals surface area contributed by atoms with E-state index < -0.39 is 0 Å². The molecule has 0 radical (unpaired) electrons. The van der Waals surface area contributed by atoms with E-state index in [1.807, 2.05) is 48.5 Å². The van der Waals surface area contributed by atoms with Gasteiger partial charge < -0.3 is 9.32 Å². The smallest absolute Gasteiger partial charge is 0.248 e. The maximum atomic E-state index is 13.9. The number of aryl methyl sites for hydroxylation is 4. The standard InChI is InChI=1S/C46H37N3O2/c1-27-10-16-42(29(3)18-27)49(43-17-11-28(2)19-30(43)4)39-14-12-32-20-36-26-41-38(23-34(36)22-35(32)25-39)24-37-21-33(13-15-40(37)44(41)50)46-48-47-45(51-46)31-8-6-5-7-9-31/h5-19,21,23,25-26H,20,22,24H2,1-4H3. The third kappa shape index (κ3) is 5.46. The van der Waals surface area contributed by atoms with Gasteiger partial charge in [0.2, 0.25) is 11.8 Å². The molecule has 0 N–H and O–H groups in total. The number of hydrogen-bond acceptors (Lipinski definition) is 5. The Morgan fingerprint density at radius 2 is 1.12 bits per heavy atom. The van der Waals surface area contributed by atoms with Crippen molar-refractivity contribution in [2.75, 3.05) is 4.90 Å². The molecule has 0 spiro atoms. The lowest BCUT2D eigenvalue weighted by Gasteiger charge is -2.31. The van der Waals surface area contributed by atoms with E-state index in [9.17, 15) is 4.79 Å². The first-order chi connectivity index (χ1) is 24.8. The summed E-state index contributed by atoms with van der Waals surface area (Å²) in [6, 6.07) is 40.4. The highest BCUT2D eigenvalue weighted by atomic mass is 16.4. The summed E-state index contributed by atoms with van der Waals surface area (Å²) in [5, 5.41) is 8.60. The Labute approximate surface area is 298 Å². The van der Waals surface area contributed by atoms with Crippen LogP contribution in [-0.4, -0.2) is 16.0 Å². The molecule has 5 nitrogen and oxygen atoms in total. The van der Waals surface area contributed by atoms with E-state index >= 15 is 0 Å². The van der Waals surface area contributed by atoms with Crippen molar-refractivity contribution in [2.24, 2.45) is 0 Å². The predicted octanol–water partition coefficient (Wildman–Crippen LogP) is 10.7. The zero-order valence-corrected chi connectivity index (χ0v) is 29.2. The van der Waals surface area contributed by atoms with Crippen LogP contribution >= 0.6 is 0 Å². The summed E-state index contributed by atoms with van der Waals surface area (Å²) >= 11 is 0. The highest BCUT2D eigenvalue weighted by Crippen LogP contribution is 2.42. The second-order valence-corrected chi connectivity index (χ2v) is 14.2. The summed E-state index contributed by atoms with van der Waals surface area (Å²) in [6.07, 6.45) is 2.31. The first-order valence-corrected chi connectivity index (χ1v) is 17.6. The lowest BCUT2D eigenvalue weighted by atomic mass is 9.78. The number of anilines is 3. The number of ketones is 1. The van der Waals surface area contributed by atoms with Gasteiger partial charge in [-0.05, 0) is 152 Å². The molecule has 0 atom stereocenters. The Balaban J connectivity index is 1.05. The summed E-state index contributed by atoms with van der Waals surface area (Å²) in [6.45, 7) is 8.69. The maximum Gasteiger partial charge on any atom is 0.248 e. The number of rotatable bonds is 5. The summed E-state index contributed by atoms with van der Waals surface area (Å²) in [7, 11) is 0. The van der Waals surface area contributed by atoms with E-state index in [2.05, 4.69) is 110 Å². The first kappa shape index (κ1) is 30.9. The minimum Gasteiger partial charge on any atom is -0.416 e. The van der Waals surface area contributed by atoms with Crippen LogP contribution in [0.25, 0.3) is 22.9 Å². The van der Waals surface area contributed by atoms with Gasteiger partial charge in [-0.15, -0.1) is 10.2 Å². The van der Waals surface area contributed by atoms with Crippen LogP contribution in [0, 0.1) is 27.7 Å². The molecule has 0 saturated heterocycles. The number of aromatic nitrogens is 2. The van der Waals surface area contributed by atoms with Gasteiger partial charge in [0.15, 0.2) is 5.78 Å². The van der Waals surface area contributed by atoms with Crippen molar-refractivity contribution in [2.45, 2.75) is 47.0 Å². The molecule has 51 heavy (non-hydrogen) atoms. The van der Waals surface area contributed by atoms with E-state index in [0.29, 0.717) is 18.2 Å². The van der Waals surface area contributed by atoms with E-state index in [4.69, 9.17) is 4.42 Å². The van der Waals surface area contributed by atoms with Crippen LogP contribution in [0.15, 0.2) is 120 Å².